The third-order valence-corrected chi connectivity index (χ3v) is 3.58. The molecule has 0 amide bonds. The second kappa shape index (κ2) is 6.52. The number of likely N-dealkylation sites (tertiary alicyclic amines) is 1. The van der Waals surface area contributed by atoms with E-state index in [-0.39, 0.29) is 22.1 Å². The van der Waals surface area contributed by atoms with Gasteiger partial charge in [-0.05, 0) is 25.3 Å². The van der Waals surface area contributed by atoms with E-state index in [0.717, 1.165) is 25.9 Å². The van der Waals surface area contributed by atoms with E-state index in [2.05, 4.69) is 4.90 Å². The van der Waals surface area contributed by atoms with Crippen molar-refractivity contribution in [2.45, 2.75) is 19.3 Å². The first kappa shape index (κ1) is 14.5. The summed E-state index contributed by atoms with van der Waals surface area (Å²) in [6.07, 6.45) is 6.63. The zero-order chi connectivity index (χ0) is 14.5. The van der Waals surface area contributed by atoms with Crippen LogP contribution in [0.1, 0.15) is 29.6 Å². The second-order valence-corrected chi connectivity index (χ2v) is 5.11. The number of nitro groups is 1. The number of allylic oxidation sites excluding steroid dienone is 1. The normalized spacial score (nSPS) is 15.6. The topological polar surface area (TPSA) is 63.5 Å². The van der Waals surface area contributed by atoms with Crippen molar-refractivity contribution in [3.8, 4) is 0 Å². The van der Waals surface area contributed by atoms with Gasteiger partial charge in [0, 0.05) is 43.1 Å². The van der Waals surface area contributed by atoms with Gasteiger partial charge in [0.15, 0.2) is 5.78 Å². The van der Waals surface area contributed by atoms with Crippen LogP contribution in [0.4, 0.5) is 5.69 Å². The van der Waals surface area contributed by atoms with E-state index in [9.17, 15) is 14.9 Å². The highest BCUT2D eigenvalue weighted by Crippen LogP contribution is 2.23. The first-order chi connectivity index (χ1) is 9.58. The molecule has 106 valence electrons. The predicted molar refractivity (Wildman–Crippen MR) is 77.0 cm³/mol. The van der Waals surface area contributed by atoms with Crippen molar-refractivity contribution >= 4 is 23.1 Å². The Balaban J connectivity index is 2.13. The molecule has 1 aliphatic heterocycles. The zero-order valence-electron chi connectivity index (χ0n) is 10.9. The SMILES string of the molecule is O=C(C=CN1CCCCC1)c1cc([N+](=O)[O-])ccc1Cl. The van der Waals surface area contributed by atoms with Crippen molar-refractivity contribution in [2.75, 3.05) is 13.1 Å². The average Bonchev–Trinajstić information content (AvgIpc) is 2.46. The quantitative estimate of drug-likeness (QED) is 0.369. The van der Waals surface area contributed by atoms with Gasteiger partial charge < -0.3 is 4.90 Å². The summed E-state index contributed by atoms with van der Waals surface area (Å²) in [6.45, 7) is 1.87. The fourth-order valence-electron chi connectivity index (χ4n) is 2.15. The summed E-state index contributed by atoms with van der Waals surface area (Å²) in [5.74, 6) is -0.315. The number of hydrogen-bond acceptors (Lipinski definition) is 4. The van der Waals surface area contributed by atoms with Gasteiger partial charge in [-0.15, -0.1) is 0 Å². The molecule has 0 radical (unpaired) electrons. The standard InChI is InChI=1S/C14H15ClN2O3/c15-13-5-4-11(17(19)20)10-12(13)14(18)6-9-16-7-2-1-3-8-16/h4-6,9-10H,1-3,7-8H2. The molecule has 0 spiro atoms. The number of halogens is 1. The molecule has 1 aromatic rings. The third kappa shape index (κ3) is 3.57. The van der Waals surface area contributed by atoms with Gasteiger partial charge >= 0.3 is 0 Å². The van der Waals surface area contributed by atoms with Crippen LogP contribution in [0.2, 0.25) is 5.02 Å². The van der Waals surface area contributed by atoms with E-state index in [1.54, 1.807) is 6.20 Å². The molecule has 0 atom stereocenters. The molecule has 0 bridgehead atoms. The molecule has 20 heavy (non-hydrogen) atoms. The monoisotopic (exact) mass is 294 g/mol. The maximum Gasteiger partial charge on any atom is 0.270 e. The molecule has 6 heteroatoms. The Kier molecular flexibility index (Phi) is 4.74. The van der Waals surface area contributed by atoms with Crippen LogP contribution in [0.5, 0.6) is 0 Å². The van der Waals surface area contributed by atoms with Crippen LogP contribution in [0, 0.1) is 10.1 Å². The van der Waals surface area contributed by atoms with Gasteiger partial charge in [-0.25, -0.2) is 0 Å². The van der Waals surface area contributed by atoms with Gasteiger partial charge in [-0.2, -0.15) is 0 Å². The largest absolute Gasteiger partial charge is 0.377 e. The fraction of sp³-hybridized carbons (Fsp3) is 0.357. The average molecular weight is 295 g/mol. The fourth-order valence-corrected chi connectivity index (χ4v) is 2.36. The van der Waals surface area contributed by atoms with E-state index >= 15 is 0 Å². The Morgan fingerprint density at radius 2 is 2.00 bits per heavy atom. The molecule has 1 fully saturated rings. The van der Waals surface area contributed by atoms with Crippen LogP contribution in [-0.4, -0.2) is 28.7 Å². The van der Waals surface area contributed by atoms with Crippen LogP contribution < -0.4 is 0 Å². The maximum atomic E-state index is 12.1. The van der Waals surface area contributed by atoms with Gasteiger partial charge in [-0.1, -0.05) is 11.6 Å². The van der Waals surface area contributed by atoms with Crippen molar-refractivity contribution in [3.05, 3.63) is 51.2 Å². The van der Waals surface area contributed by atoms with E-state index in [1.165, 1.54) is 30.7 Å². The molecule has 1 aromatic carbocycles. The van der Waals surface area contributed by atoms with Crippen LogP contribution in [0.25, 0.3) is 0 Å². The van der Waals surface area contributed by atoms with Crippen molar-refractivity contribution in [2.24, 2.45) is 0 Å². The number of carbonyl (C=O) groups is 1. The molecule has 2 rings (SSSR count). The van der Waals surface area contributed by atoms with Crippen LogP contribution in [-0.2, 0) is 0 Å². The molecule has 0 saturated carbocycles. The van der Waals surface area contributed by atoms with Gasteiger partial charge in [0.05, 0.1) is 9.95 Å². The lowest BCUT2D eigenvalue weighted by atomic mass is 10.1. The molecule has 1 saturated heterocycles. The summed E-state index contributed by atoms with van der Waals surface area (Å²) in [6, 6.07) is 3.88. The first-order valence-corrected chi connectivity index (χ1v) is 6.86. The van der Waals surface area contributed by atoms with Crippen molar-refractivity contribution < 1.29 is 9.72 Å². The molecule has 0 N–H and O–H groups in total. The Morgan fingerprint density at radius 1 is 1.30 bits per heavy atom. The highest BCUT2D eigenvalue weighted by atomic mass is 35.5. The third-order valence-electron chi connectivity index (χ3n) is 3.25. The van der Waals surface area contributed by atoms with Crippen LogP contribution >= 0.6 is 11.6 Å². The molecular formula is C14H15ClN2O3. The smallest absolute Gasteiger partial charge is 0.270 e. The Morgan fingerprint density at radius 3 is 2.65 bits per heavy atom. The molecule has 1 aliphatic rings. The number of ketones is 1. The lowest BCUT2D eigenvalue weighted by Crippen LogP contribution is -2.24. The number of nitro benzene ring substituents is 1. The number of benzene rings is 1. The van der Waals surface area contributed by atoms with E-state index in [4.69, 9.17) is 11.6 Å². The van der Waals surface area contributed by atoms with Crippen molar-refractivity contribution in [3.63, 3.8) is 0 Å². The summed E-state index contributed by atoms with van der Waals surface area (Å²) >= 11 is 5.93. The summed E-state index contributed by atoms with van der Waals surface area (Å²) in [7, 11) is 0. The van der Waals surface area contributed by atoms with E-state index < -0.39 is 4.92 Å². The van der Waals surface area contributed by atoms with Crippen molar-refractivity contribution in [1.29, 1.82) is 0 Å². The van der Waals surface area contributed by atoms with Gasteiger partial charge in [0.1, 0.15) is 0 Å². The van der Waals surface area contributed by atoms with E-state index in [1.807, 2.05) is 0 Å². The molecule has 5 nitrogen and oxygen atoms in total. The minimum Gasteiger partial charge on any atom is -0.377 e. The zero-order valence-corrected chi connectivity index (χ0v) is 11.7. The Bertz CT molecular complexity index is 551. The number of carbonyl (C=O) groups excluding carboxylic acids is 1. The highest BCUT2D eigenvalue weighted by molar-refractivity contribution is 6.34. The second-order valence-electron chi connectivity index (χ2n) is 4.70. The Labute approximate surface area is 122 Å². The molecular weight excluding hydrogens is 280 g/mol. The number of non-ortho nitro benzene ring substituents is 1. The van der Waals surface area contributed by atoms with Crippen molar-refractivity contribution in [1.82, 2.24) is 4.90 Å². The molecule has 0 aliphatic carbocycles. The minimum absolute atomic E-state index is 0.135. The molecule has 0 aromatic heterocycles. The summed E-state index contributed by atoms with van der Waals surface area (Å²) < 4.78 is 0. The van der Waals surface area contributed by atoms with Crippen LogP contribution in [0.15, 0.2) is 30.5 Å². The maximum absolute atomic E-state index is 12.1. The number of nitrogens with zero attached hydrogens (tertiary/aromatic N) is 2. The molecule has 0 unspecified atom stereocenters. The van der Waals surface area contributed by atoms with Gasteiger partial charge in [0.25, 0.3) is 5.69 Å². The minimum atomic E-state index is -0.540. The van der Waals surface area contributed by atoms with E-state index in [0.29, 0.717) is 0 Å². The number of piperidine rings is 1. The number of hydrogen-bond donors (Lipinski definition) is 0. The summed E-state index contributed by atoms with van der Waals surface area (Å²) in [5.41, 5.74) is 0.0262. The lowest BCUT2D eigenvalue weighted by Gasteiger charge is -2.24. The highest BCUT2D eigenvalue weighted by Gasteiger charge is 2.14. The summed E-state index contributed by atoms with van der Waals surface area (Å²) in [4.78, 5) is 24.3. The Hall–Kier alpha value is -1.88. The number of rotatable bonds is 4. The van der Waals surface area contributed by atoms with Crippen LogP contribution in [0.3, 0.4) is 0 Å². The molecule has 1 heterocycles. The van der Waals surface area contributed by atoms with Gasteiger partial charge in [-0.3, -0.25) is 14.9 Å². The predicted octanol–water partition coefficient (Wildman–Crippen LogP) is 3.43. The summed E-state index contributed by atoms with van der Waals surface area (Å²) in [5, 5.41) is 10.9. The lowest BCUT2D eigenvalue weighted by molar-refractivity contribution is -0.384. The van der Waals surface area contributed by atoms with Gasteiger partial charge in [0.2, 0.25) is 0 Å². The first-order valence-electron chi connectivity index (χ1n) is 6.48.